The van der Waals surface area contributed by atoms with E-state index in [1.165, 1.54) is 11.3 Å². The van der Waals surface area contributed by atoms with Crippen LogP contribution in [-0.4, -0.2) is 33.1 Å². The van der Waals surface area contributed by atoms with E-state index < -0.39 is 0 Å². The minimum atomic E-state index is -0.246. The number of fused-ring (bicyclic) bond motifs is 1. The van der Waals surface area contributed by atoms with E-state index in [0.717, 1.165) is 31.9 Å². The molecule has 30 heavy (non-hydrogen) atoms. The Morgan fingerprint density at radius 3 is 2.63 bits per heavy atom. The fourth-order valence-electron chi connectivity index (χ4n) is 3.06. The normalized spacial score (nSPS) is 10.8. The van der Waals surface area contributed by atoms with Gasteiger partial charge in [0.15, 0.2) is 0 Å². The number of rotatable bonds is 7. The van der Waals surface area contributed by atoms with Crippen LogP contribution in [0.15, 0.2) is 60.9 Å². The number of nitrogens with zero attached hydrogens (tertiary/aromatic N) is 3. The number of carbonyl (C=O) groups excluding carboxylic acids is 2. The van der Waals surface area contributed by atoms with Crippen LogP contribution in [0.1, 0.15) is 10.6 Å². The molecule has 0 fully saturated rings. The maximum Gasteiger partial charge on any atom is 0.239 e. The Balaban J connectivity index is 1.31. The molecule has 0 bridgehead atoms. The van der Waals surface area contributed by atoms with E-state index in [1.54, 1.807) is 10.9 Å². The van der Waals surface area contributed by atoms with Gasteiger partial charge in [-0.05, 0) is 23.3 Å². The van der Waals surface area contributed by atoms with Gasteiger partial charge in [0.25, 0.3) is 0 Å². The molecular weight excluding hydrogens is 398 g/mol. The van der Waals surface area contributed by atoms with E-state index in [0.29, 0.717) is 6.54 Å². The molecule has 4 aromatic rings. The van der Waals surface area contributed by atoms with Crippen molar-refractivity contribution in [2.75, 3.05) is 6.54 Å². The molecule has 0 spiro atoms. The van der Waals surface area contributed by atoms with Crippen LogP contribution < -0.4 is 10.6 Å². The summed E-state index contributed by atoms with van der Waals surface area (Å²) in [5.74, 6) is -0.474. The van der Waals surface area contributed by atoms with Gasteiger partial charge < -0.3 is 10.6 Å². The molecule has 0 atom stereocenters. The van der Waals surface area contributed by atoms with E-state index in [9.17, 15) is 9.59 Å². The Morgan fingerprint density at radius 1 is 1.03 bits per heavy atom. The maximum absolute atomic E-state index is 12.2. The van der Waals surface area contributed by atoms with Crippen LogP contribution in [0.25, 0.3) is 21.3 Å². The molecule has 0 aliphatic rings. The number of aryl methyl sites for hydroxylation is 1. The molecule has 0 radical (unpaired) electrons. The van der Waals surface area contributed by atoms with Gasteiger partial charge in [0.2, 0.25) is 11.8 Å². The molecule has 8 heteroatoms. The van der Waals surface area contributed by atoms with Crippen LogP contribution >= 0.6 is 11.3 Å². The molecule has 0 saturated heterocycles. The van der Waals surface area contributed by atoms with Crippen molar-refractivity contribution in [3.05, 3.63) is 71.5 Å². The molecule has 2 N–H and O–H groups in total. The van der Waals surface area contributed by atoms with Gasteiger partial charge in [-0.2, -0.15) is 5.10 Å². The Morgan fingerprint density at radius 2 is 1.87 bits per heavy atom. The van der Waals surface area contributed by atoms with Crippen molar-refractivity contribution >= 4 is 33.4 Å². The molecule has 0 aliphatic heterocycles. The first kappa shape index (κ1) is 19.8. The van der Waals surface area contributed by atoms with Gasteiger partial charge in [-0.15, -0.1) is 11.3 Å². The minimum absolute atomic E-state index is 0.0673. The summed E-state index contributed by atoms with van der Waals surface area (Å²) in [5, 5.41) is 10.2. The lowest BCUT2D eigenvalue weighted by atomic mass is 10.1. The number of nitrogens with one attached hydrogen (secondary N) is 2. The van der Waals surface area contributed by atoms with Gasteiger partial charge in [0.05, 0.1) is 29.4 Å². The molecule has 0 aliphatic carbocycles. The van der Waals surface area contributed by atoms with Crippen LogP contribution in [0.2, 0.25) is 0 Å². The standard InChI is InChI=1S/C22H21N5O2S/c1-27-14-15(12-25-27)11-23-21(29)13-24-20(28)10-22-26-18-8-7-17(9-19(18)30-22)16-5-3-2-4-6-16/h2-9,12,14H,10-11,13H2,1H3,(H,23,29)(H,24,28). The first-order valence-corrected chi connectivity index (χ1v) is 10.3. The summed E-state index contributed by atoms with van der Waals surface area (Å²) in [4.78, 5) is 28.7. The summed E-state index contributed by atoms with van der Waals surface area (Å²) >= 11 is 1.50. The van der Waals surface area contributed by atoms with E-state index in [4.69, 9.17) is 0 Å². The molecule has 2 heterocycles. The van der Waals surface area contributed by atoms with Crippen LogP contribution in [0.3, 0.4) is 0 Å². The van der Waals surface area contributed by atoms with Crippen molar-refractivity contribution in [2.24, 2.45) is 7.05 Å². The van der Waals surface area contributed by atoms with Gasteiger partial charge in [-0.3, -0.25) is 14.3 Å². The second-order valence-corrected chi connectivity index (χ2v) is 8.02. The zero-order valence-electron chi connectivity index (χ0n) is 16.5. The van der Waals surface area contributed by atoms with E-state index in [1.807, 2.05) is 43.6 Å². The average Bonchev–Trinajstić information content (AvgIpc) is 3.35. The predicted molar refractivity (Wildman–Crippen MR) is 117 cm³/mol. The fraction of sp³-hybridized carbons (Fsp3) is 0.182. The Hall–Kier alpha value is -3.52. The number of amides is 2. The first-order valence-electron chi connectivity index (χ1n) is 9.52. The summed E-state index contributed by atoms with van der Waals surface area (Å²) < 4.78 is 2.71. The van der Waals surface area contributed by atoms with Gasteiger partial charge in [0.1, 0.15) is 5.01 Å². The van der Waals surface area contributed by atoms with Crippen molar-refractivity contribution in [1.82, 2.24) is 25.4 Å². The molecule has 2 amide bonds. The number of hydrogen-bond donors (Lipinski definition) is 2. The predicted octanol–water partition coefficient (Wildman–Crippen LogP) is 2.67. The van der Waals surface area contributed by atoms with E-state index in [2.05, 4.69) is 38.9 Å². The summed E-state index contributed by atoms with van der Waals surface area (Å²) in [5.41, 5.74) is 4.04. The van der Waals surface area contributed by atoms with Crippen molar-refractivity contribution in [3.63, 3.8) is 0 Å². The first-order chi connectivity index (χ1) is 14.6. The summed E-state index contributed by atoms with van der Waals surface area (Å²) in [7, 11) is 1.82. The molecule has 4 rings (SSSR count). The monoisotopic (exact) mass is 419 g/mol. The van der Waals surface area contributed by atoms with Crippen molar-refractivity contribution < 1.29 is 9.59 Å². The Kier molecular flexibility index (Phi) is 5.85. The van der Waals surface area contributed by atoms with Crippen molar-refractivity contribution in [2.45, 2.75) is 13.0 Å². The smallest absolute Gasteiger partial charge is 0.239 e. The molecule has 0 saturated carbocycles. The zero-order chi connectivity index (χ0) is 20.9. The highest BCUT2D eigenvalue weighted by atomic mass is 32.1. The molecule has 2 aromatic heterocycles. The molecule has 0 unspecified atom stereocenters. The Bertz CT molecular complexity index is 1180. The van der Waals surface area contributed by atoms with Gasteiger partial charge in [0, 0.05) is 25.4 Å². The number of benzene rings is 2. The van der Waals surface area contributed by atoms with Crippen molar-refractivity contribution in [3.8, 4) is 11.1 Å². The third-order valence-electron chi connectivity index (χ3n) is 4.55. The largest absolute Gasteiger partial charge is 0.350 e. The highest BCUT2D eigenvalue weighted by Gasteiger charge is 2.11. The van der Waals surface area contributed by atoms with Crippen molar-refractivity contribution in [1.29, 1.82) is 0 Å². The molecule has 7 nitrogen and oxygen atoms in total. The third-order valence-corrected chi connectivity index (χ3v) is 5.56. The maximum atomic E-state index is 12.2. The molecular formula is C22H21N5O2S. The second kappa shape index (κ2) is 8.87. The lowest BCUT2D eigenvalue weighted by Gasteiger charge is -2.05. The highest BCUT2D eigenvalue weighted by Crippen LogP contribution is 2.28. The number of thiazole rings is 1. The second-order valence-electron chi connectivity index (χ2n) is 6.91. The third kappa shape index (κ3) is 4.90. The summed E-state index contributed by atoms with van der Waals surface area (Å²) in [6, 6.07) is 16.2. The van der Waals surface area contributed by atoms with E-state index >= 15 is 0 Å². The Labute approximate surface area is 177 Å². The number of aromatic nitrogens is 3. The lowest BCUT2D eigenvalue weighted by molar-refractivity contribution is -0.125. The van der Waals surface area contributed by atoms with Crippen LogP contribution in [0.5, 0.6) is 0 Å². The van der Waals surface area contributed by atoms with E-state index in [-0.39, 0.29) is 24.8 Å². The topological polar surface area (TPSA) is 88.9 Å². The summed E-state index contributed by atoms with van der Waals surface area (Å²) in [6.07, 6.45) is 3.67. The SMILES string of the molecule is Cn1cc(CNC(=O)CNC(=O)Cc2nc3ccc(-c4ccccc4)cc3s2)cn1. The van der Waals surface area contributed by atoms with Gasteiger partial charge in [-0.1, -0.05) is 36.4 Å². The average molecular weight is 420 g/mol. The van der Waals surface area contributed by atoms with Crippen LogP contribution in [0.4, 0.5) is 0 Å². The number of hydrogen-bond acceptors (Lipinski definition) is 5. The molecule has 152 valence electrons. The highest BCUT2D eigenvalue weighted by molar-refractivity contribution is 7.18. The van der Waals surface area contributed by atoms with Crippen LogP contribution in [-0.2, 0) is 29.6 Å². The minimum Gasteiger partial charge on any atom is -0.350 e. The summed E-state index contributed by atoms with van der Waals surface area (Å²) in [6.45, 7) is 0.312. The van der Waals surface area contributed by atoms with Crippen LogP contribution in [0, 0.1) is 0 Å². The quantitative estimate of drug-likeness (QED) is 0.482. The molecule has 2 aromatic carbocycles. The zero-order valence-corrected chi connectivity index (χ0v) is 17.3. The number of carbonyl (C=O) groups is 2. The van der Waals surface area contributed by atoms with Gasteiger partial charge >= 0.3 is 0 Å². The fourth-order valence-corrected chi connectivity index (χ4v) is 4.07. The van der Waals surface area contributed by atoms with Gasteiger partial charge in [-0.25, -0.2) is 4.98 Å². The lowest BCUT2D eigenvalue weighted by Crippen LogP contribution is -2.37.